The lowest BCUT2D eigenvalue weighted by molar-refractivity contribution is -0.183. The van der Waals surface area contributed by atoms with Crippen molar-refractivity contribution in [1.82, 2.24) is 9.80 Å². The van der Waals surface area contributed by atoms with E-state index in [2.05, 4.69) is 40.1 Å². The predicted octanol–water partition coefficient (Wildman–Crippen LogP) is 1.96. The molecule has 0 bridgehead atoms. The third kappa shape index (κ3) is 4.78. The van der Waals surface area contributed by atoms with Crippen molar-refractivity contribution in [2.45, 2.75) is 25.7 Å². The molecule has 116 valence electrons. The SMILES string of the molecule is c1ccc(CN2CCN(CCC3OCCCO3)CC2)cc1. The van der Waals surface area contributed by atoms with Crippen molar-refractivity contribution in [3.8, 4) is 0 Å². The molecule has 3 rings (SSSR count). The zero-order chi connectivity index (χ0) is 14.3. The zero-order valence-corrected chi connectivity index (χ0v) is 12.7. The van der Waals surface area contributed by atoms with Crippen molar-refractivity contribution in [2.24, 2.45) is 0 Å². The van der Waals surface area contributed by atoms with Crippen LogP contribution in [-0.2, 0) is 16.0 Å². The molecule has 0 radical (unpaired) electrons. The molecule has 2 aliphatic heterocycles. The van der Waals surface area contributed by atoms with E-state index in [4.69, 9.17) is 9.47 Å². The maximum atomic E-state index is 5.61. The minimum absolute atomic E-state index is 0.0288. The van der Waals surface area contributed by atoms with Gasteiger partial charge in [-0.25, -0.2) is 0 Å². The van der Waals surface area contributed by atoms with Gasteiger partial charge in [0.05, 0.1) is 13.2 Å². The van der Waals surface area contributed by atoms with Crippen molar-refractivity contribution in [3.63, 3.8) is 0 Å². The molecule has 0 aromatic heterocycles. The standard InChI is InChI=1S/C17H26N2O2/c1-2-5-16(6-3-1)15-19-11-9-18(10-12-19)8-7-17-20-13-4-14-21-17/h1-3,5-6,17H,4,7-15H2. The van der Waals surface area contributed by atoms with Crippen LogP contribution in [0.2, 0.25) is 0 Å². The van der Waals surface area contributed by atoms with Crippen LogP contribution in [0.3, 0.4) is 0 Å². The Hall–Kier alpha value is -0.940. The zero-order valence-electron chi connectivity index (χ0n) is 12.7. The molecule has 2 saturated heterocycles. The Kier molecular flexibility index (Phi) is 5.63. The molecule has 0 atom stereocenters. The molecule has 0 unspecified atom stereocenters. The Morgan fingerprint density at radius 2 is 1.57 bits per heavy atom. The van der Waals surface area contributed by atoms with E-state index in [0.717, 1.165) is 65.3 Å². The van der Waals surface area contributed by atoms with E-state index >= 15 is 0 Å². The summed E-state index contributed by atoms with van der Waals surface area (Å²) in [6.07, 6.45) is 2.06. The van der Waals surface area contributed by atoms with E-state index in [-0.39, 0.29) is 6.29 Å². The highest BCUT2D eigenvalue weighted by molar-refractivity contribution is 5.14. The number of benzene rings is 1. The van der Waals surface area contributed by atoms with Gasteiger partial charge in [-0.05, 0) is 12.0 Å². The summed E-state index contributed by atoms with van der Waals surface area (Å²) in [5, 5.41) is 0. The van der Waals surface area contributed by atoms with Gasteiger partial charge < -0.3 is 14.4 Å². The van der Waals surface area contributed by atoms with Gasteiger partial charge >= 0.3 is 0 Å². The van der Waals surface area contributed by atoms with Gasteiger partial charge in [0, 0.05) is 45.7 Å². The summed E-state index contributed by atoms with van der Waals surface area (Å²) in [4.78, 5) is 5.07. The first-order valence-electron chi connectivity index (χ1n) is 8.12. The van der Waals surface area contributed by atoms with Crippen LogP contribution in [-0.4, -0.2) is 62.0 Å². The van der Waals surface area contributed by atoms with E-state index in [1.54, 1.807) is 0 Å². The molecule has 0 spiro atoms. The van der Waals surface area contributed by atoms with Crippen LogP contribution < -0.4 is 0 Å². The van der Waals surface area contributed by atoms with Gasteiger partial charge in [-0.2, -0.15) is 0 Å². The van der Waals surface area contributed by atoms with Crippen molar-refractivity contribution >= 4 is 0 Å². The summed E-state index contributed by atoms with van der Waals surface area (Å²) in [6, 6.07) is 10.7. The lowest BCUT2D eigenvalue weighted by Gasteiger charge is -2.35. The van der Waals surface area contributed by atoms with Crippen LogP contribution in [0.1, 0.15) is 18.4 Å². The molecular formula is C17H26N2O2. The van der Waals surface area contributed by atoms with E-state index in [0.29, 0.717) is 0 Å². The summed E-state index contributed by atoms with van der Waals surface area (Å²) in [5.74, 6) is 0. The first-order chi connectivity index (χ1) is 10.4. The fraction of sp³-hybridized carbons (Fsp3) is 0.647. The van der Waals surface area contributed by atoms with Crippen LogP contribution in [0.15, 0.2) is 30.3 Å². The van der Waals surface area contributed by atoms with Crippen LogP contribution in [0.25, 0.3) is 0 Å². The fourth-order valence-electron chi connectivity index (χ4n) is 3.00. The van der Waals surface area contributed by atoms with E-state index < -0.39 is 0 Å². The summed E-state index contributed by atoms with van der Waals surface area (Å²) in [6.45, 7) is 8.49. The Labute approximate surface area is 127 Å². The topological polar surface area (TPSA) is 24.9 Å². The molecular weight excluding hydrogens is 264 g/mol. The molecule has 0 N–H and O–H groups in total. The highest BCUT2D eigenvalue weighted by Gasteiger charge is 2.19. The summed E-state index contributed by atoms with van der Waals surface area (Å²) in [7, 11) is 0. The summed E-state index contributed by atoms with van der Waals surface area (Å²) < 4.78 is 11.2. The molecule has 1 aromatic carbocycles. The van der Waals surface area contributed by atoms with E-state index in [1.807, 2.05) is 0 Å². The van der Waals surface area contributed by atoms with Crippen molar-refractivity contribution < 1.29 is 9.47 Å². The maximum Gasteiger partial charge on any atom is 0.158 e. The molecule has 4 nitrogen and oxygen atoms in total. The highest BCUT2D eigenvalue weighted by Crippen LogP contribution is 2.12. The average molecular weight is 290 g/mol. The molecule has 1 aromatic rings. The molecule has 0 amide bonds. The Bertz CT molecular complexity index is 399. The fourth-order valence-corrected chi connectivity index (χ4v) is 3.00. The predicted molar refractivity (Wildman–Crippen MR) is 83.1 cm³/mol. The average Bonchev–Trinajstić information content (AvgIpc) is 2.56. The van der Waals surface area contributed by atoms with Crippen molar-refractivity contribution in [3.05, 3.63) is 35.9 Å². The quantitative estimate of drug-likeness (QED) is 0.827. The Morgan fingerprint density at radius 1 is 0.905 bits per heavy atom. The Morgan fingerprint density at radius 3 is 2.29 bits per heavy atom. The molecule has 2 fully saturated rings. The smallest absolute Gasteiger partial charge is 0.158 e. The van der Waals surface area contributed by atoms with Gasteiger partial charge in [0.25, 0.3) is 0 Å². The number of rotatable bonds is 5. The molecule has 2 aliphatic rings. The van der Waals surface area contributed by atoms with Crippen LogP contribution in [0, 0.1) is 0 Å². The molecule has 0 saturated carbocycles. The maximum absolute atomic E-state index is 5.61. The number of hydrogen-bond donors (Lipinski definition) is 0. The monoisotopic (exact) mass is 290 g/mol. The Balaban J connectivity index is 1.35. The van der Waals surface area contributed by atoms with Gasteiger partial charge in [-0.3, -0.25) is 4.90 Å². The minimum atomic E-state index is 0.0288. The third-order valence-electron chi connectivity index (χ3n) is 4.29. The van der Waals surface area contributed by atoms with E-state index in [1.165, 1.54) is 5.56 Å². The summed E-state index contributed by atoms with van der Waals surface area (Å²) >= 11 is 0. The lowest BCUT2D eigenvalue weighted by atomic mass is 10.2. The second-order valence-electron chi connectivity index (χ2n) is 5.92. The lowest BCUT2D eigenvalue weighted by Crippen LogP contribution is -2.46. The largest absolute Gasteiger partial charge is 0.353 e. The second kappa shape index (κ2) is 7.90. The first kappa shape index (κ1) is 15.0. The summed E-state index contributed by atoms with van der Waals surface area (Å²) in [5.41, 5.74) is 1.41. The number of ether oxygens (including phenoxy) is 2. The number of hydrogen-bond acceptors (Lipinski definition) is 4. The molecule has 0 aliphatic carbocycles. The number of piperazine rings is 1. The molecule has 4 heteroatoms. The first-order valence-corrected chi connectivity index (χ1v) is 8.12. The second-order valence-corrected chi connectivity index (χ2v) is 5.92. The minimum Gasteiger partial charge on any atom is -0.353 e. The van der Waals surface area contributed by atoms with Crippen molar-refractivity contribution in [2.75, 3.05) is 45.9 Å². The number of nitrogens with zero attached hydrogens (tertiary/aromatic N) is 2. The van der Waals surface area contributed by atoms with E-state index in [9.17, 15) is 0 Å². The van der Waals surface area contributed by atoms with Crippen LogP contribution in [0.4, 0.5) is 0 Å². The van der Waals surface area contributed by atoms with Gasteiger partial charge in [-0.15, -0.1) is 0 Å². The van der Waals surface area contributed by atoms with Gasteiger partial charge in [0.2, 0.25) is 0 Å². The highest BCUT2D eigenvalue weighted by atomic mass is 16.7. The molecule has 21 heavy (non-hydrogen) atoms. The third-order valence-corrected chi connectivity index (χ3v) is 4.29. The molecule has 2 heterocycles. The van der Waals surface area contributed by atoms with Crippen LogP contribution in [0.5, 0.6) is 0 Å². The van der Waals surface area contributed by atoms with Gasteiger partial charge in [0.1, 0.15) is 0 Å². The van der Waals surface area contributed by atoms with Gasteiger partial charge in [-0.1, -0.05) is 30.3 Å². The van der Waals surface area contributed by atoms with Crippen molar-refractivity contribution in [1.29, 1.82) is 0 Å². The van der Waals surface area contributed by atoms with Crippen LogP contribution >= 0.6 is 0 Å². The van der Waals surface area contributed by atoms with Gasteiger partial charge in [0.15, 0.2) is 6.29 Å². The normalized spacial score (nSPS) is 22.5.